The number of aromatic nitrogens is 2. The second-order valence-corrected chi connectivity index (χ2v) is 5.71. The molecule has 0 spiro atoms. The molecule has 1 saturated heterocycles. The van der Waals surface area contributed by atoms with Gasteiger partial charge in [-0.05, 0) is 36.4 Å². The number of hydrogen-bond donors (Lipinski definition) is 1. The molecule has 6 nitrogen and oxygen atoms in total. The Morgan fingerprint density at radius 1 is 1.25 bits per heavy atom. The Kier molecular flexibility index (Phi) is 5.79. The van der Waals surface area contributed by atoms with Crippen LogP contribution in [0.15, 0.2) is 4.52 Å². The van der Waals surface area contributed by atoms with E-state index in [0.717, 1.165) is 58.0 Å². The lowest BCUT2D eigenvalue weighted by Gasteiger charge is -2.24. The Morgan fingerprint density at radius 2 is 2.00 bits per heavy atom. The van der Waals surface area contributed by atoms with E-state index < -0.39 is 0 Å². The van der Waals surface area contributed by atoms with Gasteiger partial charge in [-0.2, -0.15) is 4.98 Å². The van der Waals surface area contributed by atoms with Crippen LogP contribution in [0.1, 0.15) is 32.6 Å². The van der Waals surface area contributed by atoms with Gasteiger partial charge in [-0.25, -0.2) is 0 Å². The van der Waals surface area contributed by atoms with Gasteiger partial charge in [0.25, 0.3) is 5.95 Å². The highest BCUT2D eigenvalue weighted by molar-refractivity contribution is 5.27. The Bertz CT molecular complexity index is 388. The molecule has 1 aromatic rings. The first-order chi connectivity index (χ1) is 9.70. The van der Waals surface area contributed by atoms with Crippen molar-refractivity contribution in [1.29, 1.82) is 0 Å². The number of hydrogen-bond acceptors (Lipinski definition) is 6. The highest BCUT2D eigenvalue weighted by Gasteiger charge is 2.18. The van der Waals surface area contributed by atoms with Gasteiger partial charge in [0, 0.05) is 19.5 Å². The van der Waals surface area contributed by atoms with Gasteiger partial charge in [-0.3, -0.25) is 0 Å². The van der Waals surface area contributed by atoms with E-state index in [-0.39, 0.29) is 0 Å². The van der Waals surface area contributed by atoms with Gasteiger partial charge in [0.05, 0.1) is 13.2 Å². The maximum absolute atomic E-state index is 5.67. The van der Waals surface area contributed by atoms with Crippen molar-refractivity contribution < 1.29 is 9.26 Å². The average Bonchev–Trinajstić information content (AvgIpc) is 2.93. The van der Waals surface area contributed by atoms with Gasteiger partial charge < -0.3 is 19.9 Å². The molecular formula is C14H26N4O2. The first-order valence-electron chi connectivity index (χ1n) is 7.56. The topological polar surface area (TPSA) is 77.4 Å². The van der Waals surface area contributed by atoms with Crippen molar-refractivity contribution in [1.82, 2.24) is 10.1 Å². The number of anilines is 1. The molecule has 0 radical (unpaired) electrons. The molecule has 0 bridgehead atoms. The highest BCUT2D eigenvalue weighted by atomic mass is 16.5. The normalized spacial score (nSPS) is 17.7. The summed E-state index contributed by atoms with van der Waals surface area (Å²) in [5, 5.41) is 4.07. The van der Waals surface area contributed by atoms with Crippen LogP contribution in [0.25, 0.3) is 0 Å². The third kappa shape index (κ3) is 4.18. The van der Waals surface area contributed by atoms with Crippen molar-refractivity contribution in [3.8, 4) is 0 Å². The fourth-order valence-corrected chi connectivity index (χ4v) is 2.57. The Morgan fingerprint density at radius 3 is 2.65 bits per heavy atom. The van der Waals surface area contributed by atoms with E-state index in [1.54, 1.807) is 0 Å². The van der Waals surface area contributed by atoms with E-state index in [1.165, 1.54) is 0 Å². The average molecular weight is 282 g/mol. The fraction of sp³-hybridized carbons (Fsp3) is 0.857. The third-order valence-electron chi connectivity index (χ3n) is 3.96. The fourth-order valence-electron chi connectivity index (χ4n) is 2.57. The van der Waals surface area contributed by atoms with Gasteiger partial charge in [0.2, 0.25) is 5.89 Å². The lowest BCUT2D eigenvalue weighted by molar-refractivity contribution is 0.121. The largest absolute Gasteiger partial charge is 0.378 e. The number of nitrogens with two attached hydrogens (primary N) is 1. The van der Waals surface area contributed by atoms with Crippen LogP contribution >= 0.6 is 0 Å². The summed E-state index contributed by atoms with van der Waals surface area (Å²) in [6.07, 6.45) is 2.95. The minimum atomic E-state index is 0.624. The van der Waals surface area contributed by atoms with E-state index in [0.29, 0.717) is 17.8 Å². The molecule has 114 valence electrons. The van der Waals surface area contributed by atoms with Crippen molar-refractivity contribution in [3.63, 3.8) is 0 Å². The highest BCUT2D eigenvalue weighted by Crippen LogP contribution is 2.21. The van der Waals surface area contributed by atoms with Crippen molar-refractivity contribution >= 4 is 5.95 Å². The molecule has 6 heteroatoms. The third-order valence-corrected chi connectivity index (χ3v) is 3.96. The van der Waals surface area contributed by atoms with Crippen LogP contribution in [0.4, 0.5) is 5.95 Å². The summed E-state index contributed by atoms with van der Waals surface area (Å²) in [4.78, 5) is 6.59. The molecule has 20 heavy (non-hydrogen) atoms. The van der Waals surface area contributed by atoms with Crippen molar-refractivity contribution in [3.05, 3.63) is 5.89 Å². The molecule has 0 aromatic carbocycles. The molecule has 0 saturated carbocycles. The molecule has 1 unspecified atom stereocenters. The molecular weight excluding hydrogens is 256 g/mol. The van der Waals surface area contributed by atoms with Crippen LogP contribution in [-0.4, -0.2) is 43.0 Å². The van der Waals surface area contributed by atoms with Crippen molar-refractivity contribution in [2.45, 2.75) is 33.1 Å². The molecule has 0 amide bonds. The first-order valence-corrected chi connectivity index (χ1v) is 7.56. The molecule has 1 atom stereocenters. The Labute approximate surface area is 120 Å². The Hall–Kier alpha value is -1.14. The van der Waals surface area contributed by atoms with Gasteiger partial charge in [-0.1, -0.05) is 13.8 Å². The van der Waals surface area contributed by atoms with Crippen LogP contribution in [0.5, 0.6) is 0 Å². The van der Waals surface area contributed by atoms with Gasteiger partial charge in [0.1, 0.15) is 0 Å². The van der Waals surface area contributed by atoms with Gasteiger partial charge in [-0.15, -0.1) is 0 Å². The lowest BCUT2D eigenvalue weighted by Crippen LogP contribution is -2.36. The predicted octanol–water partition coefficient (Wildman–Crippen LogP) is 1.46. The molecule has 1 aliphatic rings. The van der Waals surface area contributed by atoms with E-state index in [1.807, 2.05) is 0 Å². The molecule has 2 rings (SSSR count). The zero-order valence-corrected chi connectivity index (χ0v) is 12.5. The van der Waals surface area contributed by atoms with Crippen LogP contribution in [0.2, 0.25) is 0 Å². The zero-order valence-electron chi connectivity index (χ0n) is 12.5. The summed E-state index contributed by atoms with van der Waals surface area (Å²) in [6.45, 7) is 8.36. The number of aryl methyl sites for hydroxylation is 1. The Balaban J connectivity index is 1.85. The summed E-state index contributed by atoms with van der Waals surface area (Å²) in [5.41, 5.74) is 5.67. The summed E-state index contributed by atoms with van der Waals surface area (Å²) in [5.74, 6) is 2.69. The van der Waals surface area contributed by atoms with Crippen LogP contribution < -0.4 is 10.6 Å². The first kappa shape index (κ1) is 15.3. The second kappa shape index (κ2) is 7.59. The molecule has 1 aromatic heterocycles. The number of morpholine rings is 1. The molecule has 1 aliphatic heterocycles. The van der Waals surface area contributed by atoms with Crippen LogP contribution in [0, 0.1) is 11.8 Å². The predicted molar refractivity (Wildman–Crippen MR) is 77.7 cm³/mol. The monoisotopic (exact) mass is 282 g/mol. The summed E-state index contributed by atoms with van der Waals surface area (Å²) in [7, 11) is 0. The maximum Gasteiger partial charge on any atom is 0.266 e. The molecule has 2 heterocycles. The number of nitrogens with zero attached hydrogens (tertiary/aromatic N) is 3. The van der Waals surface area contributed by atoms with Gasteiger partial charge in [0.15, 0.2) is 0 Å². The number of rotatable bonds is 7. The number of ether oxygens (including phenoxy) is 1. The molecule has 0 aliphatic carbocycles. The maximum atomic E-state index is 5.67. The smallest absolute Gasteiger partial charge is 0.266 e. The zero-order chi connectivity index (χ0) is 14.4. The van der Waals surface area contributed by atoms with Gasteiger partial charge >= 0.3 is 0 Å². The molecule has 1 fully saturated rings. The van der Waals surface area contributed by atoms with E-state index in [9.17, 15) is 0 Å². The minimum absolute atomic E-state index is 0.624. The van der Waals surface area contributed by atoms with Crippen molar-refractivity contribution in [2.24, 2.45) is 17.6 Å². The lowest BCUT2D eigenvalue weighted by atomic mass is 9.88. The van der Waals surface area contributed by atoms with Crippen molar-refractivity contribution in [2.75, 3.05) is 37.7 Å². The quantitative estimate of drug-likeness (QED) is 0.816. The van der Waals surface area contributed by atoms with Crippen LogP contribution in [0.3, 0.4) is 0 Å². The summed E-state index contributed by atoms with van der Waals surface area (Å²) < 4.78 is 10.7. The standard InChI is InChI=1S/C14H26N4O2/c1-11(2)12(5-6-15)3-4-13-16-14(17-20-13)18-7-9-19-10-8-18/h11-12H,3-10,15H2,1-2H3. The minimum Gasteiger partial charge on any atom is -0.378 e. The van der Waals surface area contributed by atoms with Crippen LogP contribution in [-0.2, 0) is 11.2 Å². The summed E-state index contributed by atoms with van der Waals surface area (Å²) >= 11 is 0. The van der Waals surface area contributed by atoms with E-state index in [4.69, 9.17) is 15.0 Å². The SMILES string of the molecule is CC(C)C(CCN)CCc1nc(N2CCOCC2)no1. The van der Waals surface area contributed by atoms with E-state index >= 15 is 0 Å². The van der Waals surface area contributed by atoms with E-state index in [2.05, 4.69) is 28.9 Å². The summed E-state index contributed by atoms with van der Waals surface area (Å²) in [6, 6.07) is 0. The molecule has 2 N–H and O–H groups in total. The second-order valence-electron chi connectivity index (χ2n) is 5.71.